The van der Waals surface area contributed by atoms with Gasteiger partial charge in [0.15, 0.2) is 0 Å². The fraction of sp³-hybridized carbons (Fsp3) is 0.407. The molecule has 0 bridgehead atoms. The van der Waals surface area contributed by atoms with Crippen molar-refractivity contribution >= 4 is 22.9 Å². The van der Waals surface area contributed by atoms with Crippen molar-refractivity contribution in [3.63, 3.8) is 0 Å². The van der Waals surface area contributed by atoms with Gasteiger partial charge in [-0.05, 0) is 69.9 Å². The van der Waals surface area contributed by atoms with Gasteiger partial charge in [-0.2, -0.15) is 0 Å². The van der Waals surface area contributed by atoms with Crippen LogP contribution >= 0.6 is 0 Å². The molecule has 0 atom stereocenters. The highest BCUT2D eigenvalue weighted by Crippen LogP contribution is 2.23. The van der Waals surface area contributed by atoms with Gasteiger partial charge in [0, 0.05) is 41.8 Å². The summed E-state index contributed by atoms with van der Waals surface area (Å²) in [4.78, 5) is 30.6. The van der Waals surface area contributed by atoms with Crippen LogP contribution in [0.2, 0.25) is 0 Å². The number of aryl methyl sites for hydroxylation is 1. The second-order valence-corrected chi connectivity index (χ2v) is 9.51. The molecule has 0 unspecified atom stereocenters. The number of benzene rings is 2. The van der Waals surface area contributed by atoms with E-state index in [1.807, 2.05) is 58.0 Å². The number of rotatable bonds is 9. The number of carbonyl (C=O) groups excluding carboxylic acids is 2. The lowest BCUT2D eigenvalue weighted by Crippen LogP contribution is -2.38. The molecular formula is C27H36N4O3. The molecule has 0 aliphatic rings. The minimum absolute atomic E-state index is 0.200. The van der Waals surface area contributed by atoms with E-state index in [1.165, 1.54) is 10.9 Å². The van der Waals surface area contributed by atoms with Crippen LogP contribution in [-0.4, -0.2) is 40.6 Å². The van der Waals surface area contributed by atoms with E-state index >= 15 is 0 Å². The van der Waals surface area contributed by atoms with Crippen molar-refractivity contribution in [1.29, 1.82) is 0 Å². The largest absolute Gasteiger partial charge is 0.444 e. The number of hydrogen-bond acceptors (Lipinski definition) is 4. The smallest absolute Gasteiger partial charge is 0.410 e. The Morgan fingerprint density at radius 3 is 2.59 bits per heavy atom. The lowest BCUT2D eigenvalue weighted by atomic mass is 10.1. The van der Waals surface area contributed by atoms with Crippen molar-refractivity contribution in [2.45, 2.75) is 59.6 Å². The van der Waals surface area contributed by atoms with Gasteiger partial charge in [0.2, 0.25) is 0 Å². The third kappa shape index (κ3) is 6.84. The highest BCUT2D eigenvalue weighted by Gasteiger charge is 2.23. The lowest BCUT2D eigenvalue weighted by molar-refractivity contribution is 0.0236. The first-order valence-electron chi connectivity index (χ1n) is 11.8. The van der Waals surface area contributed by atoms with Gasteiger partial charge in [-0.15, -0.1) is 0 Å². The minimum Gasteiger partial charge on any atom is -0.444 e. The summed E-state index contributed by atoms with van der Waals surface area (Å²) < 4.78 is 5.69. The molecule has 0 aliphatic carbocycles. The number of H-pyrrole nitrogens is 1. The van der Waals surface area contributed by atoms with E-state index in [4.69, 9.17) is 4.74 Å². The van der Waals surface area contributed by atoms with E-state index < -0.39 is 5.60 Å². The Labute approximate surface area is 201 Å². The highest BCUT2D eigenvalue weighted by atomic mass is 16.6. The Balaban J connectivity index is 1.78. The molecule has 0 saturated heterocycles. The van der Waals surface area contributed by atoms with Gasteiger partial charge in [-0.3, -0.25) is 10.2 Å². The van der Waals surface area contributed by atoms with Crippen LogP contribution in [-0.2, 0) is 17.7 Å². The van der Waals surface area contributed by atoms with Crippen LogP contribution in [0.4, 0.5) is 4.79 Å². The summed E-state index contributed by atoms with van der Waals surface area (Å²) in [6.45, 7) is 11.2. The van der Waals surface area contributed by atoms with E-state index in [-0.39, 0.29) is 12.0 Å². The molecule has 2 amide bonds. The van der Waals surface area contributed by atoms with Crippen LogP contribution < -0.4 is 10.9 Å². The maximum Gasteiger partial charge on any atom is 0.410 e. The van der Waals surface area contributed by atoms with Gasteiger partial charge < -0.3 is 14.6 Å². The van der Waals surface area contributed by atoms with Gasteiger partial charge in [-0.1, -0.05) is 37.3 Å². The molecule has 182 valence electrons. The summed E-state index contributed by atoms with van der Waals surface area (Å²) >= 11 is 0. The van der Waals surface area contributed by atoms with E-state index in [0.29, 0.717) is 31.6 Å². The molecule has 3 N–H and O–H groups in total. The molecular weight excluding hydrogens is 428 g/mol. The number of hydrogen-bond donors (Lipinski definition) is 3. The first-order valence-corrected chi connectivity index (χ1v) is 11.8. The van der Waals surface area contributed by atoms with Crippen LogP contribution in [0.15, 0.2) is 48.5 Å². The quantitative estimate of drug-likeness (QED) is 0.304. The van der Waals surface area contributed by atoms with E-state index in [0.717, 1.165) is 23.2 Å². The molecule has 1 heterocycles. The number of nitrogens with zero attached hydrogens (tertiary/aromatic N) is 1. The Hall–Kier alpha value is -3.32. The van der Waals surface area contributed by atoms with E-state index in [2.05, 4.69) is 34.9 Å². The number of aromatic amines is 1. The Bertz CT molecular complexity index is 1130. The second-order valence-electron chi connectivity index (χ2n) is 9.51. The number of nitrogens with one attached hydrogen (secondary N) is 3. The van der Waals surface area contributed by atoms with Gasteiger partial charge in [0.25, 0.3) is 5.91 Å². The number of carbonyl (C=O) groups is 2. The average molecular weight is 465 g/mol. The molecule has 3 rings (SSSR count). The SMILES string of the molecule is CCCNNC(=O)c1cccc(CN(CCc2c(C)[nH]c3ccccc23)C(=O)OC(C)(C)C)c1. The summed E-state index contributed by atoms with van der Waals surface area (Å²) in [6.07, 6.45) is 1.24. The van der Waals surface area contributed by atoms with Gasteiger partial charge in [0.05, 0.1) is 0 Å². The normalized spacial score (nSPS) is 11.4. The van der Waals surface area contributed by atoms with Gasteiger partial charge in [0.1, 0.15) is 5.60 Å². The Kier molecular flexibility index (Phi) is 8.34. The molecule has 7 heteroatoms. The number of hydrazine groups is 1. The predicted molar refractivity (Wildman–Crippen MR) is 136 cm³/mol. The minimum atomic E-state index is -0.598. The number of para-hydroxylation sites is 1. The predicted octanol–water partition coefficient (Wildman–Crippen LogP) is 5.10. The van der Waals surface area contributed by atoms with Crippen LogP contribution in [0.3, 0.4) is 0 Å². The Morgan fingerprint density at radius 2 is 1.85 bits per heavy atom. The summed E-state index contributed by atoms with van der Waals surface area (Å²) in [7, 11) is 0. The second kappa shape index (κ2) is 11.2. The van der Waals surface area contributed by atoms with Crippen molar-refractivity contribution in [3.05, 3.63) is 70.9 Å². The maximum absolute atomic E-state index is 13.1. The molecule has 0 fully saturated rings. The molecule has 0 radical (unpaired) electrons. The summed E-state index contributed by atoms with van der Waals surface area (Å²) in [6, 6.07) is 15.5. The van der Waals surface area contributed by atoms with Crippen LogP contribution in [0.1, 0.15) is 61.3 Å². The van der Waals surface area contributed by atoms with Gasteiger partial charge >= 0.3 is 6.09 Å². The zero-order valence-corrected chi connectivity index (χ0v) is 20.8. The third-order valence-electron chi connectivity index (χ3n) is 5.45. The Morgan fingerprint density at radius 1 is 1.09 bits per heavy atom. The van der Waals surface area contributed by atoms with Crippen molar-refractivity contribution < 1.29 is 14.3 Å². The standard InChI is InChI=1S/C27H36N4O3/c1-6-15-28-30-25(32)21-11-9-10-20(17-21)18-31(26(33)34-27(3,4)5)16-14-22-19(2)29-24-13-8-7-12-23(22)24/h7-13,17,28-29H,6,14-16,18H2,1-5H3,(H,30,32). The van der Waals surface area contributed by atoms with Crippen molar-refractivity contribution in [3.8, 4) is 0 Å². The molecule has 1 aromatic heterocycles. The average Bonchev–Trinajstić information content (AvgIpc) is 3.10. The van der Waals surface area contributed by atoms with Crippen molar-refractivity contribution in [2.24, 2.45) is 0 Å². The molecule has 0 saturated carbocycles. The molecule has 3 aromatic rings. The molecule has 7 nitrogen and oxygen atoms in total. The number of aromatic nitrogens is 1. The monoisotopic (exact) mass is 464 g/mol. The van der Waals surface area contributed by atoms with Crippen LogP contribution in [0.5, 0.6) is 0 Å². The summed E-state index contributed by atoms with van der Waals surface area (Å²) in [5.41, 5.74) is 9.80. The van der Waals surface area contributed by atoms with Crippen LogP contribution in [0, 0.1) is 6.92 Å². The molecule has 0 aliphatic heterocycles. The lowest BCUT2D eigenvalue weighted by Gasteiger charge is -2.27. The fourth-order valence-corrected chi connectivity index (χ4v) is 3.84. The van der Waals surface area contributed by atoms with Crippen molar-refractivity contribution in [1.82, 2.24) is 20.7 Å². The van der Waals surface area contributed by atoms with Crippen LogP contribution in [0.25, 0.3) is 10.9 Å². The van der Waals surface area contributed by atoms with E-state index in [9.17, 15) is 9.59 Å². The number of amides is 2. The molecule has 34 heavy (non-hydrogen) atoms. The molecule has 2 aromatic carbocycles. The van der Waals surface area contributed by atoms with Crippen molar-refractivity contribution in [2.75, 3.05) is 13.1 Å². The zero-order valence-electron chi connectivity index (χ0n) is 20.8. The fourth-order valence-electron chi connectivity index (χ4n) is 3.84. The number of fused-ring (bicyclic) bond motifs is 1. The maximum atomic E-state index is 13.1. The summed E-state index contributed by atoms with van der Waals surface area (Å²) in [5, 5.41) is 1.17. The number of ether oxygens (including phenoxy) is 1. The third-order valence-corrected chi connectivity index (χ3v) is 5.45. The topological polar surface area (TPSA) is 86.5 Å². The summed E-state index contributed by atoms with van der Waals surface area (Å²) in [5.74, 6) is -0.200. The van der Waals surface area contributed by atoms with Gasteiger partial charge in [-0.25, -0.2) is 10.2 Å². The highest BCUT2D eigenvalue weighted by molar-refractivity contribution is 5.94. The first-order chi connectivity index (χ1) is 16.2. The zero-order chi connectivity index (χ0) is 24.7. The first kappa shape index (κ1) is 25.3. The molecule has 0 spiro atoms. The van der Waals surface area contributed by atoms with E-state index in [1.54, 1.807) is 11.0 Å².